The van der Waals surface area contributed by atoms with Gasteiger partial charge in [0.1, 0.15) is 11.6 Å². The Bertz CT molecular complexity index is 933. The normalized spacial score (nSPS) is 18.6. The average molecular weight is 396 g/mol. The van der Waals surface area contributed by atoms with Crippen LogP contribution < -0.4 is 0 Å². The van der Waals surface area contributed by atoms with E-state index in [0.717, 1.165) is 29.9 Å². The van der Waals surface area contributed by atoms with E-state index in [2.05, 4.69) is 4.98 Å². The zero-order chi connectivity index (χ0) is 20.4. The number of carbonyl (C=O) groups is 2. The van der Waals surface area contributed by atoms with Crippen LogP contribution in [0, 0.1) is 5.82 Å². The molecule has 1 aromatic carbocycles. The van der Waals surface area contributed by atoms with Crippen molar-refractivity contribution in [2.24, 2.45) is 0 Å². The smallest absolute Gasteiger partial charge is 0.222 e. The lowest BCUT2D eigenvalue weighted by Gasteiger charge is -2.27. The number of likely N-dealkylation sites (tertiary alicyclic amines) is 1. The fourth-order valence-electron chi connectivity index (χ4n) is 4.10. The van der Waals surface area contributed by atoms with E-state index in [9.17, 15) is 14.0 Å². The summed E-state index contributed by atoms with van der Waals surface area (Å²) >= 11 is 0. The number of benzene rings is 1. The Morgan fingerprint density at radius 2 is 2.03 bits per heavy atom. The highest BCUT2D eigenvalue weighted by molar-refractivity contribution is 5.77. The molecule has 152 valence electrons. The van der Waals surface area contributed by atoms with Crippen molar-refractivity contribution in [2.75, 3.05) is 19.6 Å². The predicted octanol–water partition coefficient (Wildman–Crippen LogP) is 2.47. The van der Waals surface area contributed by atoms with Gasteiger partial charge in [0.25, 0.3) is 0 Å². The lowest BCUT2D eigenvalue weighted by molar-refractivity contribution is -0.130. The number of aryl methyl sites for hydroxylation is 1. The Labute approximate surface area is 169 Å². The van der Waals surface area contributed by atoms with E-state index in [-0.39, 0.29) is 23.5 Å². The topological polar surface area (TPSA) is 66.4 Å². The van der Waals surface area contributed by atoms with Gasteiger partial charge in [-0.05, 0) is 24.5 Å². The van der Waals surface area contributed by atoms with Gasteiger partial charge in [0, 0.05) is 63.6 Å². The molecule has 0 bridgehead atoms. The van der Waals surface area contributed by atoms with Gasteiger partial charge in [0.05, 0.1) is 5.69 Å². The van der Waals surface area contributed by atoms with Gasteiger partial charge in [-0.3, -0.25) is 9.59 Å². The molecule has 7 heteroatoms. The second-order valence-corrected chi connectivity index (χ2v) is 7.81. The third kappa shape index (κ3) is 4.28. The molecule has 0 radical (unpaired) electrons. The van der Waals surface area contributed by atoms with Crippen molar-refractivity contribution in [1.29, 1.82) is 0 Å². The molecular formula is C22H25FN4O2. The first-order chi connectivity index (χ1) is 14.0. The Morgan fingerprint density at radius 3 is 2.83 bits per heavy atom. The van der Waals surface area contributed by atoms with Crippen LogP contribution >= 0.6 is 0 Å². The molecule has 2 aliphatic rings. The molecular weight excluding hydrogens is 371 g/mol. The minimum Gasteiger partial charge on any atom is -0.342 e. The number of nitrogens with zero attached hydrogens (tertiary/aromatic N) is 4. The average Bonchev–Trinajstić information content (AvgIpc) is 3.22. The Hall–Kier alpha value is -2.83. The fourth-order valence-corrected chi connectivity index (χ4v) is 4.10. The monoisotopic (exact) mass is 396 g/mol. The van der Waals surface area contributed by atoms with Crippen LogP contribution in [0.15, 0.2) is 30.5 Å². The summed E-state index contributed by atoms with van der Waals surface area (Å²) in [5, 5.41) is 0. The van der Waals surface area contributed by atoms with Crippen LogP contribution in [-0.2, 0) is 29.0 Å². The van der Waals surface area contributed by atoms with Crippen LogP contribution in [0.4, 0.5) is 4.39 Å². The standard InChI is InChI=1S/C22H25FN4O2/c1-15(28)26-11-9-20-18(14-26)12-24-22(25-20)17-8-10-27(13-17)21(29)7-6-16-4-2-3-5-19(16)23/h2-5,12,17H,6-11,13-14H2,1H3. The summed E-state index contributed by atoms with van der Waals surface area (Å²) in [5.74, 6) is 0.768. The highest BCUT2D eigenvalue weighted by Gasteiger charge is 2.30. The SMILES string of the molecule is CC(=O)N1CCc2nc(C3CCN(C(=O)CCc4ccccc4F)C3)ncc2C1. The number of rotatable bonds is 4. The van der Waals surface area contributed by atoms with Crippen molar-refractivity contribution < 1.29 is 14.0 Å². The molecule has 3 heterocycles. The van der Waals surface area contributed by atoms with E-state index in [1.54, 1.807) is 30.0 Å². The van der Waals surface area contributed by atoms with Gasteiger partial charge < -0.3 is 9.80 Å². The van der Waals surface area contributed by atoms with Crippen molar-refractivity contribution in [2.45, 2.75) is 45.1 Å². The summed E-state index contributed by atoms with van der Waals surface area (Å²) in [4.78, 5) is 37.1. The molecule has 0 N–H and O–H groups in total. The summed E-state index contributed by atoms with van der Waals surface area (Å²) in [6, 6.07) is 6.60. The predicted molar refractivity (Wildman–Crippen MR) is 105 cm³/mol. The van der Waals surface area contributed by atoms with Gasteiger partial charge in [-0.25, -0.2) is 14.4 Å². The fraction of sp³-hybridized carbons (Fsp3) is 0.455. The van der Waals surface area contributed by atoms with E-state index in [4.69, 9.17) is 4.98 Å². The molecule has 0 spiro atoms. The molecule has 1 unspecified atom stereocenters. The second-order valence-electron chi connectivity index (χ2n) is 7.81. The molecule has 29 heavy (non-hydrogen) atoms. The molecule has 0 aliphatic carbocycles. The molecule has 1 fully saturated rings. The van der Waals surface area contributed by atoms with E-state index in [1.165, 1.54) is 6.07 Å². The molecule has 0 saturated carbocycles. The summed E-state index contributed by atoms with van der Waals surface area (Å²) in [7, 11) is 0. The first-order valence-corrected chi connectivity index (χ1v) is 10.1. The van der Waals surface area contributed by atoms with Crippen LogP contribution in [0.5, 0.6) is 0 Å². The minimum atomic E-state index is -0.259. The molecule has 2 amide bonds. The van der Waals surface area contributed by atoms with Gasteiger partial charge >= 0.3 is 0 Å². The highest BCUT2D eigenvalue weighted by Crippen LogP contribution is 2.27. The van der Waals surface area contributed by atoms with E-state index in [1.807, 2.05) is 11.1 Å². The second kappa shape index (κ2) is 8.27. The van der Waals surface area contributed by atoms with Gasteiger partial charge in [0.15, 0.2) is 0 Å². The summed E-state index contributed by atoms with van der Waals surface area (Å²) in [6.45, 7) is 4.12. The first-order valence-electron chi connectivity index (χ1n) is 10.1. The number of hydrogen-bond donors (Lipinski definition) is 0. The van der Waals surface area contributed by atoms with Gasteiger partial charge in [0.2, 0.25) is 11.8 Å². The number of halogens is 1. The van der Waals surface area contributed by atoms with E-state index >= 15 is 0 Å². The highest BCUT2D eigenvalue weighted by atomic mass is 19.1. The van der Waals surface area contributed by atoms with Crippen LogP contribution in [0.1, 0.15) is 48.3 Å². The van der Waals surface area contributed by atoms with Gasteiger partial charge in [-0.15, -0.1) is 0 Å². The van der Waals surface area contributed by atoms with Crippen LogP contribution in [-0.4, -0.2) is 51.2 Å². The maximum Gasteiger partial charge on any atom is 0.222 e. The molecule has 4 rings (SSSR count). The minimum absolute atomic E-state index is 0.0470. The molecule has 2 aliphatic heterocycles. The number of carbonyl (C=O) groups excluding carboxylic acids is 2. The number of hydrogen-bond acceptors (Lipinski definition) is 4. The summed E-state index contributed by atoms with van der Waals surface area (Å²) in [6.07, 6.45) is 4.12. The Kier molecular flexibility index (Phi) is 5.56. The van der Waals surface area contributed by atoms with Crippen LogP contribution in [0.2, 0.25) is 0 Å². The molecule has 1 aromatic heterocycles. The zero-order valence-electron chi connectivity index (χ0n) is 16.6. The van der Waals surface area contributed by atoms with Crippen molar-refractivity contribution in [3.05, 3.63) is 58.9 Å². The maximum absolute atomic E-state index is 13.7. The van der Waals surface area contributed by atoms with Gasteiger partial charge in [-0.1, -0.05) is 18.2 Å². The summed E-state index contributed by atoms with van der Waals surface area (Å²) < 4.78 is 13.7. The number of amides is 2. The number of fused-ring (bicyclic) bond motifs is 1. The molecule has 1 saturated heterocycles. The molecule has 2 aromatic rings. The van der Waals surface area contributed by atoms with Crippen LogP contribution in [0.3, 0.4) is 0 Å². The lowest BCUT2D eigenvalue weighted by atomic mass is 10.0. The van der Waals surface area contributed by atoms with E-state index in [0.29, 0.717) is 44.6 Å². The quantitative estimate of drug-likeness (QED) is 0.796. The van der Waals surface area contributed by atoms with Crippen LogP contribution in [0.25, 0.3) is 0 Å². The zero-order valence-corrected chi connectivity index (χ0v) is 16.6. The van der Waals surface area contributed by atoms with Crippen molar-refractivity contribution in [3.8, 4) is 0 Å². The van der Waals surface area contributed by atoms with Crippen molar-refractivity contribution >= 4 is 11.8 Å². The lowest BCUT2D eigenvalue weighted by Crippen LogP contribution is -2.35. The third-order valence-electron chi connectivity index (χ3n) is 5.87. The first kappa shape index (κ1) is 19.5. The third-order valence-corrected chi connectivity index (χ3v) is 5.87. The van der Waals surface area contributed by atoms with Crippen molar-refractivity contribution in [3.63, 3.8) is 0 Å². The largest absolute Gasteiger partial charge is 0.342 e. The summed E-state index contributed by atoms with van der Waals surface area (Å²) in [5.41, 5.74) is 2.59. The van der Waals surface area contributed by atoms with E-state index < -0.39 is 0 Å². The maximum atomic E-state index is 13.7. The molecule has 1 atom stereocenters. The molecule has 6 nitrogen and oxygen atoms in total. The van der Waals surface area contributed by atoms with Crippen molar-refractivity contribution in [1.82, 2.24) is 19.8 Å². The Balaban J connectivity index is 1.35. The van der Waals surface area contributed by atoms with Gasteiger partial charge in [-0.2, -0.15) is 0 Å². The Morgan fingerprint density at radius 1 is 1.21 bits per heavy atom. The number of aromatic nitrogens is 2.